The lowest BCUT2D eigenvalue weighted by Gasteiger charge is -2.45. The molecular weight excluding hydrogens is 444 g/mol. The van der Waals surface area contributed by atoms with E-state index < -0.39 is 68.0 Å². The summed E-state index contributed by atoms with van der Waals surface area (Å²) in [6, 6.07) is 4.78. The molecule has 2 aliphatic rings. The zero-order chi connectivity index (χ0) is 24.3. The Labute approximate surface area is 190 Å². The summed E-state index contributed by atoms with van der Waals surface area (Å²) >= 11 is 0. The Hall–Kier alpha value is -1.58. The normalized spacial score (nSPS) is 39.4. The van der Waals surface area contributed by atoms with Gasteiger partial charge in [0.2, 0.25) is 0 Å². The smallest absolute Gasteiger partial charge is 0.187 e. The Balaban J connectivity index is 1.64. The highest BCUT2D eigenvalue weighted by Gasteiger charge is 2.50. The first kappa shape index (κ1) is 26.0. The van der Waals surface area contributed by atoms with Gasteiger partial charge >= 0.3 is 0 Å². The fourth-order valence-electron chi connectivity index (χ4n) is 3.80. The van der Waals surface area contributed by atoms with Gasteiger partial charge in [-0.05, 0) is 31.0 Å². The second-order valence-electron chi connectivity index (χ2n) is 8.12. The molecule has 0 bridgehead atoms. The number of phenols is 1. The average Bonchev–Trinajstić information content (AvgIpc) is 2.80. The van der Waals surface area contributed by atoms with Crippen molar-refractivity contribution in [3.8, 4) is 11.5 Å². The van der Waals surface area contributed by atoms with Gasteiger partial charge in [0.1, 0.15) is 42.7 Å². The maximum Gasteiger partial charge on any atom is 0.187 e. The number of ether oxygens (including phenoxy) is 5. The first-order chi connectivity index (χ1) is 15.7. The minimum absolute atomic E-state index is 0.00737. The van der Waals surface area contributed by atoms with E-state index in [9.17, 15) is 35.7 Å². The van der Waals surface area contributed by atoms with E-state index in [0.29, 0.717) is 12.2 Å². The highest BCUT2D eigenvalue weighted by Crippen LogP contribution is 2.30. The quantitative estimate of drug-likeness (QED) is 0.211. The molecule has 2 heterocycles. The zero-order valence-electron chi connectivity index (χ0n) is 18.3. The lowest BCUT2D eigenvalue weighted by atomic mass is 9.97. The number of aliphatic hydroxyl groups is 6. The predicted molar refractivity (Wildman–Crippen MR) is 109 cm³/mol. The molecule has 0 saturated carbocycles. The van der Waals surface area contributed by atoms with Crippen LogP contribution in [0.5, 0.6) is 11.5 Å². The molecule has 0 amide bonds. The number of aromatic hydroxyl groups is 1. The van der Waals surface area contributed by atoms with Crippen LogP contribution >= 0.6 is 0 Å². The summed E-state index contributed by atoms with van der Waals surface area (Å²) in [6.07, 6.45) is -13.4. The second-order valence-corrected chi connectivity index (χ2v) is 8.12. The van der Waals surface area contributed by atoms with Crippen LogP contribution in [0.3, 0.4) is 0 Å². The molecule has 0 unspecified atom stereocenters. The van der Waals surface area contributed by atoms with Gasteiger partial charge in [-0.1, -0.05) is 6.07 Å². The van der Waals surface area contributed by atoms with Crippen LogP contribution in [0.2, 0.25) is 0 Å². The van der Waals surface area contributed by atoms with Crippen LogP contribution in [0.4, 0.5) is 0 Å². The lowest BCUT2D eigenvalue weighted by molar-refractivity contribution is -0.357. The summed E-state index contributed by atoms with van der Waals surface area (Å²) in [5.41, 5.74) is 0.779. The molecule has 2 fully saturated rings. The molecule has 12 nitrogen and oxygen atoms in total. The number of hydrogen-bond acceptors (Lipinski definition) is 12. The molecule has 7 N–H and O–H groups in total. The Kier molecular flexibility index (Phi) is 8.86. The Morgan fingerprint density at radius 3 is 2.30 bits per heavy atom. The van der Waals surface area contributed by atoms with Gasteiger partial charge < -0.3 is 59.4 Å². The van der Waals surface area contributed by atoms with Crippen molar-refractivity contribution >= 4 is 0 Å². The van der Waals surface area contributed by atoms with Crippen molar-refractivity contribution in [3.05, 3.63) is 23.8 Å². The SMILES string of the molecule is COc1cc(CCO[C@H]2O[C@@H](CO)[C@H](O)[C@@H](O[C@@H]3O[C@H](C)[C@H](O)[C@H](O)[C@@H]3O)[C@@H]2O)ccc1O. The maximum absolute atomic E-state index is 10.7. The summed E-state index contributed by atoms with van der Waals surface area (Å²) in [4.78, 5) is 0. The molecule has 12 heteroatoms. The molecule has 10 atom stereocenters. The van der Waals surface area contributed by atoms with Crippen LogP contribution in [-0.4, -0.2) is 117 Å². The van der Waals surface area contributed by atoms with Crippen LogP contribution in [0.1, 0.15) is 12.5 Å². The van der Waals surface area contributed by atoms with Crippen LogP contribution < -0.4 is 4.74 Å². The van der Waals surface area contributed by atoms with Gasteiger partial charge in [0.25, 0.3) is 0 Å². The lowest BCUT2D eigenvalue weighted by Crippen LogP contribution is -2.64. The Morgan fingerprint density at radius 1 is 0.909 bits per heavy atom. The molecule has 2 aliphatic heterocycles. The third-order valence-corrected chi connectivity index (χ3v) is 5.84. The summed E-state index contributed by atoms with van der Waals surface area (Å²) in [7, 11) is 1.43. The number of hydrogen-bond donors (Lipinski definition) is 7. The maximum atomic E-state index is 10.7. The van der Waals surface area contributed by atoms with E-state index in [4.69, 9.17) is 23.7 Å². The van der Waals surface area contributed by atoms with Crippen LogP contribution in [0.15, 0.2) is 18.2 Å². The van der Waals surface area contributed by atoms with Gasteiger partial charge in [0.05, 0.1) is 26.4 Å². The van der Waals surface area contributed by atoms with E-state index >= 15 is 0 Å². The molecule has 3 rings (SSSR count). The van der Waals surface area contributed by atoms with Gasteiger partial charge in [0.15, 0.2) is 24.1 Å². The standard InChI is InChI=1S/C21H32O12/c1-9-14(24)16(26)17(27)21(31-9)33-19-15(25)13(8-22)32-20(18(19)28)30-6-5-10-3-4-11(23)12(7-10)29-2/h3-4,7,9,13-28H,5-6,8H2,1-2H3/t9-,13+,14+,15+,16+,17+,18+,19-,20+,21+/m1/s1. The number of rotatable bonds is 8. The number of phenolic OH excluding ortho intramolecular Hbond substituents is 1. The molecule has 0 aromatic heterocycles. The van der Waals surface area contributed by atoms with Crippen LogP contribution in [-0.2, 0) is 25.4 Å². The number of methoxy groups -OCH3 is 1. The van der Waals surface area contributed by atoms with Crippen molar-refractivity contribution in [2.75, 3.05) is 20.3 Å². The molecule has 0 radical (unpaired) electrons. The van der Waals surface area contributed by atoms with Gasteiger partial charge in [-0.15, -0.1) is 0 Å². The topological polar surface area (TPSA) is 188 Å². The summed E-state index contributed by atoms with van der Waals surface area (Å²) in [5.74, 6) is 0.290. The average molecular weight is 476 g/mol. The third kappa shape index (κ3) is 5.74. The highest BCUT2D eigenvalue weighted by molar-refractivity contribution is 5.41. The molecule has 0 aliphatic carbocycles. The van der Waals surface area contributed by atoms with Gasteiger partial charge in [-0.25, -0.2) is 0 Å². The van der Waals surface area contributed by atoms with E-state index in [1.54, 1.807) is 12.1 Å². The summed E-state index contributed by atoms with van der Waals surface area (Å²) in [5, 5.41) is 70.4. The first-order valence-corrected chi connectivity index (χ1v) is 10.6. The van der Waals surface area contributed by atoms with Gasteiger partial charge in [0, 0.05) is 0 Å². The first-order valence-electron chi connectivity index (χ1n) is 10.6. The van der Waals surface area contributed by atoms with Crippen molar-refractivity contribution in [2.24, 2.45) is 0 Å². The van der Waals surface area contributed by atoms with Gasteiger partial charge in [-0.3, -0.25) is 0 Å². The predicted octanol–water partition coefficient (Wildman–Crippen LogP) is -2.39. The molecule has 188 valence electrons. The molecule has 2 saturated heterocycles. The van der Waals surface area contributed by atoms with Crippen LogP contribution in [0.25, 0.3) is 0 Å². The monoisotopic (exact) mass is 476 g/mol. The van der Waals surface area contributed by atoms with E-state index in [1.807, 2.05) is 0 Å². The fourth-order valence-corrected chi connectivity index (χ4v) is 3.80. The largest absolute Gasteiger partial charge is 0.504 e. The van der Waals surface area contributed by atoms with E-state index in [1.165, 1.54) is 20.1 Å². The fraction of sp³-hybridized carbons (Fsp3) is 0.714. The van der Waals surface area contributed by atoms with Crippen molar-refractivity contribution in [3.63, 3.8) is 0 Å². The van der Waals surface area contributed by atoms with Crippen molar-refractivity contribution in [2.45, 2.75) is 74.8 Å². The molecule has 33 heavy (non-hydrogen) atoms. The molecular formula is C21H32O12. The minimum Gasteiger partial charge on any atom is -0.504 e. The minimum atomic E-state index is -1.64. The number of benzene rings is 1. The molecule has 1 aromatic rings. The Bertz CT molecular complexity index is 763. The number of aliphatic hydroxyl groups excluding tert-OH is 6. The van der Waals surface area contributed by atoms with Crippen molar-refractivity contribution in [1.82, 2.24) is 0 Å². The van der Waals surface area contributed by atoms with Gasteiger partial charge in [-0.2, -0.15) is 0 Å². The Morgan fingerprint density at radius 2 is 1.64 bits per heavy atom. The highest BCUT2D eigenvalue weighted by atomic mass is 16.7. The van der Waals surface area contributed by atoms with Crippen LogP contribution in [0, 0.1) is 0 Å². The van der Waals surface area contributed by atoms with E-state index in [-0.39, 0.29) is 12.4 Å². The van der Waals surface area contributed by atoms with E-state index in [0.717, 1.165) is 5.56 Å². The zero-order valence-corrected chi connectivity index (χ0v) is 18.3. The molecule has 0 spiro atoms. The third-order valence-electron chi connectivity index (χ3n) is 5.84. The summed E-state index contributed by atoms with van der Waals surface area (Å²) < 4.78 is 27.1. The van der Waals surface area contributed by atoms with Crippen molar-refractivity contribution in [1.29, 1.82) is 0 Å². The van der Waals surface area contributed by atoms with Crippen molar-refractivity contribution < 1.29 is 59.4 Å². The van der Waals surface area contributed by atoms with E-state index in [2.05, 4.69) is 0 Å². The molecule has 1 aromatic carbocycles. The second kappa shape index (κ2) is 11.2. The summed E-state index contributed by atoms with van der Waals surface area (Å²) in [6.45, 7) is 0.934.